The average molecular weight is 213 g/mol. The molecule has 1 aromatic rings. The van der Waals surface area contributed by atoms with Crippen LogP contribution < -0.4 is 0 Å². The first-order valence-corrected chi connectivity index (χ1v) is 4.77. The highest BCUT2D eigenvalue weighted by Gasteiger charge is 2.24. The molecule has 0 spiro atoms. The molecule has 0 bridgehead atoms. The van der Waals surface area contributed by atoms with Gasteiger partial charge in [0, 0.05) is 17.5 Å². The van der Waals surface area contributed by atoms with Crippen molar-refractivity contribution in [3.05, 3.63) is 23.2 Å². The lowest BCUT2D eigenvalue weighted by atomic mass is 9.84. The summed E-state index contributed by atoms with van der Waals surface area (Å²) in [6, 6.07) is 1.69. The van der Waals surface area contributed by atoms with Crippen LogP contribution >= 0.6 is 11.6 Å². The van der Waals surface area contributed by atoms with Crippen LogP contribution in [-0.4, -0.2) is 15.8 Å². The lowest BCUT2D eigenvalue weighted by Gasteiger charge is -2.20. The number of carbonyl (C=O) groups is 1. The van der Waals surface area contributed by atoms with E-state index in [-0.39, 0.29) is 5.78 Å². The van der Waals surface area contributed by atoms with Gasteiger partial charge in [-0.05, 0) is 13.0 Å². The van der Waals surface area contributed by atoms with Crippen LogP contribution in [0.5, 0.6) is 0 Å². The van der Waals surface area contributed by atoms with Crippen molar-refractivity contribution in [2.75, 3.05) is 0 Å². The summed E-state index contributed by atoms with van der Waals surface area (Å²) in [5.41, 5.74) is 0.405. The van der Waals surface area contributed by atoms with E-state index in [1.165, 1.54) is 6.33 Å². The first-order chi connectivity index (χ1) is 6.42. The van der Waals surface area contributed by atoms with Gasteiger partial charge in [0.15, 0.2) is 0 Å². The van der Waals surface area contributed by atoms with E-state index in [1.54, 1.807) is 13.0 Å². The molecular weight excluding hydrogens is 200 g/mol. The molecule has 0 amide bonds. The quantitative estimate of drug-likeness (QED) is 0.722. The monoisotopic (exact) mass is 212 g/mol. The van der Waals surface area contributed by atoms with Crippen molar-refractivity contribution >= 4 is 17.4 Å². The molecule has 1 rings (SSSR count). The van der Waals surface area contributed by atoms with Crippen LogP contribution in [-0.2, 0) is 11.2 Å². The maximum Gasteiger partial charge on any atom is 0.135 e. The summed E-state index contributed by atoms with van der Waals surface area (Å²) in [6.07, 6.45) is 2.00. The van der Waals surface area contributed by atoms with Gasteiger partial charge in [-0.25, -0.2) is 9.97 Å². The highest BCUT2D eigenvalue weighted by molar-refractivity contribution is 6.29. The third-order valence-electron chi connectivity index (χ3n) is 2.27. The van der Waals surface area contributed by atoms with Gasteiger partial charge in [-0.15, -0.1) is 0 Å². The van der Waals surface area contributed by atoms with E-state index in [4.69, 9.17) is 11.6 Å². The summed E-state index contributed by atoms with van der Waals surface area (Å²) in [5, 5.41) is 0.411. The van der Waals surface area contributed by atoms with Crippen molar-refractivity contribution in [3.63, 3.8) is 0 Å². The maximum absolute atomic E-state index is 11.3. The van der Waals surface area contributed by atoms with E-state index >= 15 is 0 Å². The summed E-state index contributed by atoms with van der Waals surface area (Å²) < 4.78 is 0. The highest BCUT2D eigenvalue weighted by atomic mass is 35.5. The minimum absolute atomic E-state index is 0.146. The highest BCUT2D eigenvalue weighted by Crippen LogP contribution is 2.22. The van der Waals surface area contributed by atoms with E-state index < -0.39 is 5.41 Å². The molecule has 1 heterocycles. The molecule has 76 valence electrons. The van der Waals surface area contributed by atoms with E-state index in [0.29, 0.717) is 11.6 Å². The molecule has 3 nitrogen and oxygen atoms in total. The van der Waals surface area contributed by atoms with Crippen LogP contribution in [0.25, 0.3) is 0 Å². The molecule has 0 saturated heterocycles. The van der Waals surface area contributed by atoms with Crippen LogP contribution in [0.2, 0.25) is 5.15 Å². The Bertz CT molecular complexity index is 350. The fourth-order valence-corrected chi connectivity index (χ4v) is 1.21. The number of hydrogen-bond acceptors (Lipinski definition) is 3. The number of nitrogens with zero attached hydrogens (tertiary/aromatic N) is 2. The molecule has 0 fully saturated rings. The van der Waals surface area contributed by atoms with Gasteiger partial charge in [-0.1, -0.05) is 25.4 Å². The smallest absolute Gasteiger partial charge is 0.135 e. The Hall–Kier alpha value is -0.960. The molecule has 0 aromatic carbocycles. The zero-order chi connectivity index (χ0) is 10.8. The van der Waals surface area contributed by atoms with Crippen LogP contribution in [0.3, 0.4) is 0 Å². The summed E-state index contributed by atoms with van der Waals surface area (Å²) in [6.45, 7) is 5.37. The molecule has 0 aliphatic carbocycles. The molecule has 14 heavy (non-hydrogen) atoms. The number of carbonyl (C=O) groups excluding carboxylic acids is 1. The number of aromatic nitrogens is 2. The predicted molar refractivity (Wildman–Crippen MR) is 55.2 cm³/mol. The standard InChI is InChI=1S/C10H13ClN2O/c1-7(14)10(2,3)5-8-4-9(11)13-6-12-8/h4,6H,5H2,1-3H3. The van der Waals surface area contributed by atoms with Crippen molar-refractivity contribution < 1.29 is 4.79 Å². The summed E-state index contributed by atoms with van der Waals surface area (Å²) in [4.78, 5) is 19.1. The zero-order valence-corrected chi connectivity index (χ0v) is 9.30. The number of ketones is 1. The van der Waals surface area contributed by atoms with E-state index in [2.05, 4.69) is 9.97 Å². The Morgan fingerprint density at radius 3 is 2.64 bits per heavy atom. The van der Waals surface area contributed by atoms with Crippen LogP contribution in [0.1, 0.15) is 26.5 Å². The molecule has 0 radical (unpaired) electrons. The molecule has 0 atom stereocenters. The summed E-state index contributed by atoms with van der Waals surface area (Å²) in [5.74, 6) is 0.146. The van der Waals surface area contributed by atoms with Gasteiger partial charge in [0.25, 0.3) is 0 Å². The van der Waals surface area contributed by atoms with E-state index in [1.807, 2.05) is 13.8 Å². The molecule has 0 unspecified atom stereocenters. The average Bonchev–Trinajstić information content (AvgIpc) is 2.02. The molecule has 0 aliphatic heterocycles. The topological polar surface area (TPSA) is 42.9 Å². The van der Waals surface area contributed by atoms with E-state index in [0.717, 1.165) is 5.69 Å². The van der Waals surface area contributed by atoms with Crippen molar-refractivity contribution in [2.45, 2.75) is 27.2 Å². The first kappa shape index (κ1) is 11.1. The molecule has 1 aromatic heterocycles. The molecule has 0 N–H and O–H groups in total. The lowest BCUT2D eigenvalue weighted by molar-refractivity contribution is -0.124. The van der Waals surface area contributed by atoms with Gasteiger partial charge in [-0.2, -0.15) is 0 Å². The Kier molecular flexibility index (Phi) is 3.21. The summed E-state index contributed by atoms with van der Waals surface area (Å²) in [7, 11) is 0. The maximum atomic E-state index is 11.3. The minimum atomic E-state index is -0.391. The van der Waals surface area contributed by atoms with E-state index in [9.17, 15) is 4.79 Å². The number of rotatable bonds is 3. The molecule has 0 aliphatic rings. The van der Waals surface area contributed by atoms with Crippen LogP contribution in [0, 0.1) is 5.41 Å². The Morgan fingerprint density at radius 2 is 2.14 bits per heavy atom. The molecular formula is C10H13ClN2O. The fourth-order valence-electron chi connectivity index (χ4n) is 1.04. The van der Waals surface area contributed by atoms with Crippen molar-refractivity contribution in [2.24, 2.45) is 5.41 Å². The van der Waals surface area contributed by atoms with Gasteiger partial charge in [0.05, 0.1) is 0 Å². The second-order valence-electron chi connectivity index (χ2n) is 3.95. The third kappa shape index (κ3) is 2.77. The minimum Gasteiger partial charge on any atom is -0.299 e. The second-order valence-corrected chi connectivity index (χ2v) is 4.34. The number of Topliss-reactive ketones (excluding diaryl/α,β-unsaturated/α-hetero) is 1. The molecule has 0 saturated carbocycles. The van der Waals surface area contributed by atoms with Crippen molar-refractivity contribution in [3.8, 4) is 0 Å². The number of hydrogen-bond donors (Lipinski definition) is 0. The number of halogens is 1. The Labute approximate surface area is 88.5 Å². The zero-order valence-electron chi connectivity index (χ0n) is 8.54. The largest absolute Gasteiger partial charge is 0.299 e. The normalized spacial score (nSPS) is 11.4. The van der Waals surface area contributed by atoms with Gasteiger partial charge in [0.2, 0.25) is 0 Å². The van der Waals surface area contributed by atoms with Crippen LogP contribution in [0.15, 0.2) is 12.4 Å². The second kappa shape index (κ2) is 4.05. The Balaban J connectivity index is 2.83. The van der Waals surface area contributed by atoms with Crippen molar-refractivity contribution in [1.29, 1.82) is 0 Å². The van der Waals surface area contributed by atoms with Gasteiger partial charge in [0.1, 0.15) is 17.3 Å². The lowest BCUT2D eigenvalue weighted by Crippen LogP contribution is -2.24. The van der Waals surface area contributed by atoms with Gasteiger partial charge in [-0.3, -0.25) is 4.79 Å². The van der Waals surface area contributed by atoms with Gasteiger partial charge >= 0.3 is 0 Å². The van der Waals surface area contributed by atoms with Crippen LogP contribution in [0.4, 0.5) is 0 Å². The predicted octanol–water partition coefficient (Wildman–Crippen LogP) is 2.29. The third-order valence-corrected chi connectivity index (χ3v) is 2.47. The Morgan fingerprint density at radius 1 is 1.50 bits per heavy atom. The first-order valence-electron chi connectivity index (χ1n) is 4.39. The van der Waals surface area contributed by atoms with Crippen molar-refractivity contribution in [1.82, 2.24) is 9.97 Å². The fraction of sp³-hybridized carbons (Fsp3) is 0.500. The summed E-state index contributed by atoms with van der Waals surface area (Å²) >= 11 is 5.72. The SMILES string of the molecule is CC(=O)C(C)(C)Cc1cc(Cl)ncn1. The molecule has 4 heteroatoms. The van der Waals surface area contributed by atoms with Gasteiger partial charge < -0.3 is 0 Å².